The van der Waals surface area contributed by atoms with Crippen LogP contribution >= 0.6 is 15.9 Å². The van der Waals surface area contributed by atoms with Gasteiger partial charge in [0.05, 0.1) is 6.54 Å². The average Bonchev–Trinajstić information content (AvgIpc) is 2.76. The largest absolute Gasteiger partial charge is 0.465 e. The number of aromatic nitrogens is 1. The summed E-state index contributed by atoms with van der Waals surface area (Å²) in [5, 5.41) is 14.8. The molecule has 0 aliphatic carbocycles. The topological polar surface area (TPSA) is 84.6 Å². The highest BCUT2D eigenvalue weighted by atomic mass is 79.9. The summed E-state index contributed by atoms with van der Waals surface area (Å²) >= 11 is 3.31. The van der Waals surface area contributed by atoms with Gasteiger partial charge in [-0.25, -0.2) is 4.79 Å². The van der Waals surface area contributed by atoms with Crippen molar-refractivity contribution in [2.45, 2.75) is 13.0 Å². The van der Waals surface area contributed by atoms with Crippen LogP contribution in [0.3, 0.4) is 0 Å². The zero-order chi connectivity index (χ0) is 14.5. The first-order valence-corrected chi connectivity index (χ1v) is 6.67. The van der Waals surface area contributed by atoms with Gasteiger partial charge in [-0.2, -0.15) is 0 Å². The van der Waals surface area contributed by atoms with Crippen molar-refractivity contribution in [2.24, 2.45) is 0 Å². The minimum absolute atomic E-state index is 0.109. The van der Waals surface area contributed by atoms with E-state index in [0.717, 1.165) is 5.56 Å². The molecule has 0 spiro atoms. The number of ether oxygens (including phenoxy) is 1. The molecule has 2 rings (SSSR count). The second kappa shape index (κ2) is 6.42. The Kier molecular flexibility index (Phi) is 4.62. The van der Waals surface area contributed by atoms with Gasteiger partial charge in [-0.05, 0) is 33.6 Å². The van der Waals surface area contributed by atoms with Crippen molar-refractivity contribution in [3.8, 4) is 5.88 Å². The summed E-state index contributed by atoms with van der Waals surface area (Å²) in [4.78, 5) is 10.6. The van der Waals surface area contributed by atoms with E-state index >= 15 is 0 Å². The summed E-state index contributed by atoms with van der Waals surface area (Å²) in [6.07, 6.45) is -1.60. The van der Waals surface area contributed by atoms with Crippen LogP contribution in [0.5, 0.6) is 5.88 Å². The van der Waals surface area contributed by atoms with Gasteiger partial charge in [0.2, 0.25) is 0 Å². The van der Waals surface area contributed by atoms with Gasteiger partial charge in [0.1, 0.15) is 10.6 Å². The van der Waals surface area contributed by atoms with Crippen molar-refractivity contribution in [1.82, 2.24) is 10.5 Å². The lowest BCUT2D eigenvalue weighted by Crippen LogP contribution is -2.29. The maximum atomic E-state index is 10.6. The predicted molar refractivity (Wildman–Crippen MR) is 74.8 cm³/mol. The molecule has 0 fully saturated rings. The van der Waals surface area contributed by atoms with Crippen molar-refractivity contribution >= 4 is 22.0 Å². The Morgan fingerprint density at radius 2 is 2.20 bits per heavy atom. The quantitative estimate of drug-likeness (QED) is 0.873. The maximum Gasteiger partial charge on any atom is 0.404 e. The fourth-order valence-electron chi connectivity index (χ4n) is 1.62. The van der Waals surface area contributed by atoms with Crippen LogP contribution in [0, 0.1) is 6.92 Å². The van der Waals surface area contributed by atoms with Crippen LogP contribution in [-0.2, 0) is 0 Å². The summed E-state index contributed by atoms with van der Waals surface area (Å²) in [5.74, 6) is 0.890. The molecule has 0 aliphatic heterocycles. The smallest absolute Gasteiger partial charge is 0.404 e. The van der Waals surface area contributed by atoms with Crippen LogP contribution in [0.2, 0.25) is 0 Å². The molecule has 2 aromatic rings. The highest BCUT2D eigenvalue weighted by Crippen LogP contribution is 2.30. The number of carbonyl (C=O) groups is 1. The molecule has 0 bridgehead atoms. The third-order valence-electron chi connectivity index (χ3n) is 2.63. The number of nitrogens with zero attached hydrogens (tertiary/aromatic N) is 1. The first-order chi connectivity index (χ1) is 9.58. The molecule has 1 aromatic heterocycles. The van der Waals surface area contributed by atoms with Crippen LogP contribution in [0.1, 0.15) is 17.4 Å². The molecule has 20 heavy (non-hydrogen) atoms. The zero-order valence-corrected chi connectivity index (χ0v) is 12.3. The lowest BCUT2D eigenvalue weighted by Gasteiger charge is -2.17. The Balaban J connectivity index is 2.18. The van der Waals surface area contributed by atoms with Gasteiger partial charge in [0.25, 0.3) is 5.88 Å². The molecule has 2 N–H and O–H groups in total. The molecule has 0 aliphatic rings. The summed E-state index contributed by atoms with van der Waals surface area (Å²) in [7, 11) is 0. The lowest BCUT2D eigenvalue weighted by molar-refractivity contribution is 0.164. The van der Waals surface area contributed by atoms with Crippen LogP contribution in [-0.4, -0.2) is 22.9 Å². The molecule has 6 nitrogen and oxygen atoms in total. The molecule has 1 heterocycles. The Morgan fingerprint density at radius 3 is 2.75 bits per heavy atom. The Morgan fingerprint density at radius 1 is 1.50 bits per heavy atom. The van der Waals surface area contributed by atoms with Gasteiger partial charge in [-0.15, -0.1) is 0 Å². The van der Waals surface area contributed by atoms with E-state index < -0.39 is 12.2 Å². The second-order valence-corrected chi connectivity index (χ2v) is 4.85. The van der Waals surface area contributed by atoms with E-state index in [4.69, 9.17) is 14.4 Å². The van der Waals surface area contributed by atoms with E-state index in [-0.39, 0.29) is 6.54 Å². The number of nitrogens with one attached hydrogen (secondary N) is 1. The van der Waals surface area contributed by atoms with Crippen LogP contribution < -0.4 is 10.1 Å². The molecular weight excluding hydrogens is 328 g/mol. The average molecular weight is 341 g/mol. The monoisotopic (exact) mass is 340 g/mol. The Hall–Kier alpha value is -2.02. The van der Waals surface area contributed by atoms with Crippen molar-refractivity contribution in [3.63, 3.8) is 0 Å². The third kappa shape index (κ3) is 3.51. The zero-order valence-electron chi connectivity index (χ0n) is 10.7. The number of aryl methyl sites for hydroxylation is 1. The van der Waals surface area contributed by atoms with Gasteiger partial charge in [0.15, 0.2) is 5.76 Å². The van der Waals surface area contributed by atoms with Crippen LogP contribution in [0.25, 0.3) is 0 Å². The summed E-state index contributed by atoms with van der Waals surface area (Å²) in [6.45, 7) is 1.86. The summed E-state index contributed by atoms with van der Waals surface area (Å²) in [6, 6.07) is 9.30. The summed E-state index contributed by atoms with van der Waals surface area (Å²) in [5.41, 5.74) is 0.841. The van der Waals surface area contributed by atoms with Gasteiger partial charge in [0, 0.05) is 0 Å². The van der Waals surface area contributed by atoms with Crippen molar-refractivity contribution in [2.75, 3.05) is 6.54 Å². The number of hydrogen-bond acceptors (Lipinski definition) is 4. The highest BCUT2D eigenvalue weighted by molar-refractivity contribution is 9.10. The van der Waals surface area contributed by atoms with Gasteiger partial charge < -0.3 is 19.7 Å². The Bertz CT molecular complexity index is 585. The number of benzene rings is 1. The molecule has 0 saturated heterocycles. The summed E-state index contributed by atoms with van der Waals surface area (Å²) < 4.78 is 11.3. The normalized spacial score (nSPS) is 11.9. The molecule has 1 amide bonds. The van der Waals surface area contributed by atoms with Gasteiger partial charge in [-0.1, -0.05) is 30.3 Å². The molecular formula is C13H13BrN2O4. The van der Waals surface area contributed by atoms with E-state index in [1.54, 1.807) is 6.92 Å². The van der Waals surface area contributed by atoms with E-state index in [0.29, 0.717) is 16.1 Å². The first-order valence-electron chi connectivity index (χ1n) is 5.88. The number of carboxylic acid groups (broad SMARTS) is 1. The minimum atomic E-state index is -1.11. The molecule has 7 heteroatoms. The van der Waals surface area contributed by atoms with Crippen LogP contribution in [0.15, 0.2) is 39.3 Å². The number of rotatable bonds is 5. The fraction of sp³-hybridized carbons (Fsp3) is 0.231. The van der Waals surface area contributed by atoms with E-state index in [2.05, 4.69) is 26.4 Å². The molecule has 1 atom stereocenters. The van der Waals surface area contributed by atoms with Gasteiger partial charge >= 0.3 is 6.09 Å². The number of halogens is 1. The van der Waals surface area contributed by atoms with E-state index in [1.165, 1.54) is 0 Å². The second-order valence-electron chi connectivity index (χ2n) is 4.06. The highest BCUT2D eigenvalue weighted by Gasteiger charge is 2.19. The van der Waals surface area contributed by atoms with Crippen LogP contribution in [0.4, 0.5) is 4.79 Å². The first kappa shape index (κ1) is 14.4. The van der Waals surface area contributed by atoms with E-state index in [1.807, 2.05) is 30.3 Å². The Labute approximate surface area is 123 Å². The molecule has 106 valence electrons. The number of amides is 1. The molecule has 0 radical (unpaired) electrons. The molecule has 0 saturated carbocycles. The fourth-order valence-corrected chi connectivity index (χ4v) is 1.86. The van der Waals surface area contributed by atoms with Gasteiger partial charge in [-0.3, -0.25) is 0 Å². The van der Waals surface area contributed by atoms with Crippen molar-refractivity contribution in [3.05, 3.63) is 46.1 Å². The van der Waals surface area contributed by atoms with E-state index in [9.17, 15) is 4.79 Å². The van der Waals surface area contributed by atoms with Crippen molar-refractivity contribution < 1.29 is 19.2 Å². The molecule has 0 unspecified atom stereocenters. The SMILES string of the molecule is Cc1onc(O[C@@H](CNC(=O)O)c2ccccc2)c1Br. The minimum Gasteiger partial charge on any atom is -0.465 e. The lowest BCUT2D eigenvalue weighted by atomic mass is 10.1. The standard InChI is InChI=1S/C13H13BrN2O4/c1-8-11(14)12(16-20-8)19-10(7-15-13(17)18)9-5-3-2-4-6-9/h2-6,10,15H,7H2,1H3,(H,17,18)/t10-/m0/s1. The third-order valence-corrected chi connectivity index (χ3v) is 3.52. The maximum absolute atomic E-state index is 10.6. The predicted octanol–water partition coefficient (Wildman–Crippen LogP) is 3.13. The number of hydrogen-bond donors (Lipinski definition) is 2. The molecule has 1 aromatic carbocycles. The van der Waals surface area contributed by atoms with Crippen molar-refractivity contribution in [1.29, 1.82) is 0 Å².